The summed E-state index contributed by atoms with van der Waals surface area (Å²) < 4.78 is 4.31. The topological polar surface area (TPSA) is 98.5 Å². The maximum absolute atomic E-state index is 10.7. The van der Waals surface area contributed by atoms with E-state index in [2.05, 4.69) is 10.1 Å². The lowest BCUT2D eigenvalue weighted by molar-refractivity contribution is -0.143. The Bertz CT molecular complexity index is 227. The van der Waals surface area contributed by atoms with Gasteiger partial charge in [0, 0.05) is 6.92 Å². The van der Waals surface area contributed by atoms with Gasteiger partial charge in [0.25, 0.3) is 0 Å². The average molecular weight is 188 g/mol. The van der Waals surface area contributed by atoms with E-state index < -0.39 is 23.8 Å². The second-order valence-corrected chi connectivity index (χ2v) is 2.44. The van der Waals surface area contributed by atoms with Gasteiger partial charge >= 0.3 is 5.97 Å². The third-order valence-corrected chi connectivity index (χ3v) is 1.32. The molecule has 0 saturated heterocycles. The van der Waals surface area contributed by atoms with Crippen LogP contribution in [0.15, 0.2) is 0 Å². The van der Waals surface area contributed by atoms with Crippen molar-refractivity contribution in [3.05, 3.63) is 0 Å². The first-order valence-corrected chi connectivity index (χ1v) is 3.60. The van der Waals surface area contributed by atoms with Gasteiger partial charge in [0.1, 0.15) is 6.04 Å². The van der Waals surface area contributed by atoms with Crippen LogP contribution in [0.2, 0.25) is 0 Å². The van der Waals surface area contributed by atoms with Gasteiger partial charge in [0.15, 0.2) is 0 Å². The SMILES string of the molecule is COC(=O)C[C@H](NC(C)=O)C(N)=O. The van der Waals surface area contributed by atoms with Gasteiger partial charge in [-0.15, -0.1) is 0 Å². The van der Waals surface area contributed by atoms with Crippen LogP contribution in [0.4, 0.5) is 0 Å². The van der Waals surface area contributed by atoms with E-state index in [1.165, 1.54) is 14.0 Å². The minimum atomic E-state index is -0.995. The summed E-state index contributed by atoms with van der Waals surface area (Å²) >= 11 is 0. The molecular weight excluding hydrogens is 176 g/mol. The highest BCUT2D eigenvalue weighted by atomic mass is 16.5. The van der Waals surface area contributed by atoms with Gasteiger partial charge in [-0.25, -0.2) is 0 Å². The minimum absolute atomic E-state index is 0.245. The molecule has 0 unspecified atom stereocenters. The van der Waals surface area contributed by atoms with Crippen LogP contribution in [0.1, 0.15) is 13.3 Å². The van der Waals surface area contributed by atoms with Crippen molar-refractivity contribution in [3.63, 3.8) is 0 Å². The third-order valence-electron chi connectivity index (χ3n) is 1.32. The number of ether oxygens (including phenoxy) is 1. The molecule has 0 aromatic heterocycles. The van der Waals surface area contributed by atoms with Crippen molar-refractivity contribution in [2.45, 2.75) is 19.4 Å². The van der Waals surface area contributed by atoms with E-state index in [4.69, 9.17) is 5.73 Å². The first-order valence-electron chi connectivity index (χ1n) is 3.60. The number of nitrogens with one attached hydrogen (secondary N) is 1. The molecular formula is C7H12N2O4. The number of rotatable bonds is 4. The van der Waals surface area contributed by atoms with Crippen molar-refractivity contribution in [2.75, 3.05) is 7.11 Å². The molecule has 0 fully saturated rings. The lowest BCUT2D eigenvalue weighted by atomic mass is 10.2. The van der Waals surface area contributed by atoms with Gasteiger partial charge < -0.3 is 15.8 Å². The molecule has 3 N–H and O–H groups in total. The Morgan fingerprint density at radius 1 is 1.46 bits per heavy atom. The molecule has 0 aliphatic heterocycles. The van der Waals surface area contributed by atoms with Crippen molar-refractivity contribution < 1.29 is 19.1 Å². The maximum Gasteiger partial charge on any atom is 0.308 e. The summed E-state index contributed by atoms with van der Waals surface area (Å²) in [4.78, 5) is 32.0. The van der Waals surface area contributed by atoms with Crippen molar-refractivity contribution in [1.82, 2.24) is 5.32 Å². The van der Waals surface area contributed by atoms with Gasteiger partial charge in [-0.05, 0) is 0 Å². The van der Waals surface area contributed by atoms with Crippen molar-refractivity contribution in [2.24, 2.45) is 5.73 Å². The van der Waals surface area contributed by atoms with Crippen molar-refractivity contribution >= 4 is 17.8 Å². The fourth-order valence-corrected chi connectivity index (χ4v) is 0.718. The summed E-state index contributed by atoms with van der Waals surface area (Å²) in [6.07, 6.45) is -0.245. The Hall–Kier alpha value is -1.59. The minimum Gasteiger partial charge on any atom is -0.469 e. The normalized spacial score (nSPS) is 11.5. The van der Waals surface area contributed by atoms with Crippen LogP contribution in [0.25, 0.3) is 0 Å². The lowest BCUT2D eigenvalue weighted by Gasteiger charge is -2.11. The summed E-state index contributed by atoms with van der Waals surface area (Å²) in [7, 11) is 1.19. The fraction of sp³-hybridized carbons (Fsp3) is 0.571. The first-order chi connectivity index (χ1) is 5.97. The molecule has 0 spiro atoms. The van der Waals surface area contributed by atoms with E-state index in [1.807, 2.05) is 0 Å². The number of esters is 1. The summed E-state index contributed by atoms with van der Waals surface area (Å²) in [6, 6.07) is -0.995. The van der Waals surface area contributed by atoms with E-state index in [1.54, 1.807) is 0 Å². The maximum atomic E-state index is 10.7. The molecule has 0 radical (unpaired) electrons. The van der Waals surface area contributed by atoms with Crippen LogP contribution in [-0.2, 0) is 19.1 Å². The molecule has 0 aromatic carbocycles. The number of carbonyl (C=O) groups is 3. The Kier molecular flexibility index (Phi) is 4.50. The van der Waals surface area contributed by atoms with Crippen molar-refractivity contribution in [1.29, 1.82) is 0 Å². The van der Waals surface area contributed by atoms with Gasteiger partial charge in [-0.1, -0.05) is 0 Å². The van der Waals surface area contributed by atoms with Crippen LogP contribution in [0.3, 0.4) is 0 Å². The molecule has 6 heteroatoms. The quantitative estimate of drug-likeness (QED) is 0.526. The van der Waals surface area contributed by atoms with E-state index in [9.17, 15) is 14.4 Å². The first kappa shape index (κ1) is 11.4. The second-order valence-electron chi connectivity index (χ2n) is 2.44. The predicted octanol–water partition coefficient (Wildman–Crippen LogP) is -1.46. The van der Waals surface area contributed by atoms with E-state index in [0.717, 1.165) is 0 Å². The highest BCUT2D eigenvalue weighted by molar-refractivity contribution is 5.89. The molecule has 0 aliphatic rings. The largest absolute Gasteiger partial charge is 0.469 e. The molecule has 0 aliphatic carbocycles. The standard InChI is InChI=1S/C7H12N2O4/c1-4(10)9-5(7(8)12)3-6(11)13-2/h5H,3H2,1-2H3,(H2,8,12)(H,9,10)/t5-/m0/s1. The third kappa shape index (κ3) is 4.78. The average Bonchev–Trinajstić information content (AvgIpc) is 2.02. The van der Waals surface area contributed by atoms with Gasteiger partial charge in [0.05, 0.1) is 13.5 Å². The molecule has 0 rings (SSSR count). The lowest BCUT2D eigenvalue weighted by Crippen LogP contribution is -2.44. The van der Waals surface area contributed by atoms with Crippen LogP contribution >= 0.6 is 0 Å². The number of amides is 2. The highest BCUT2D eigenvalue weighted by Crippen LogP contribution is 1.93. The Labute approximate surface area is 75.4 Å². The molecule has 1 atom stereocenters. The monoisotopic (exact) mass is 188 g/mol. The zero-order valence-electron chi connectivity index (χ0n) is 7.49. The van der Waals surface area contributed by atoms with Gasteiger partial charge in [0.2, 0.25) is 11.8 Å². The molecule has 0 heterocycles. The molecule has 2 amide bonds. The molecule has 13 heavy (non-hydrogen) atoms. The van der Waals surface area contributed by atoms with Gasteiger partial charge in [-0.3, -0.25) is 14.4 Å². The number of methoxy groups -OCH3 is 1. The van der Waals surface area contributed by atoms with Gasteiger partial charge in [-0.2, -0.15) is 0 Å². The van der Waals surface area contributed by atoms with Crippen molar-refractivity contribution in [3.8, 4) is 0 Å². The van der Waals surface area contributed by atoms with E-state index in [-0.39, 0.29) is 6.42 Å². The molecule has 6 nitrogen and oxygen atoms in total. The zero-order valence-corrected chi connectivity index (χ0v) is 7.49. The summed E-state index contributed by atoms with van der Waals surface area (Å²) in [5, 5.41) is 2.23. The molecule has 0 bridgehead atoms. The number of primary amides is 1. The molecule has 0 saturated carbocycles. The molecule has 0 aromatic rings. The Morgan fingerprint density at radius 2 is 2.00 bits per heavy atom. The van der Waals surface area contributed by atoms with Crippen LogP contribution in [0.5, 0.6) is 0 Å². The number of nitrogens with two attached hydrogens (primary N) is 1. The molecule has 74 valence electrons. The smallest absolute Gasteiger partial charge is 0.308 e. The van der Waals surface area contributed by atoms with Crippen LogP contribution < -0.4 is 11.1 Å². The number of carbonyl (C=O) groups excluding carboxylic acids is 3. The summed E-state index contributed by atoms with van der Waals surface area (Å²) in [5.74, 6) is -1.79. The van der Waals surface area contributed by atoms with E-state index >= 15 is 0 Å². The van der Waals surface area contributed by atoms with Crippen LogP contribution in [-0.4, -0.2) is 30.9 Å². The summed E-state index contributed by atoms with van der Waals surface area (Å²) in [6.45, 7) is 1.23. The van der Waals surface area contributed by atoms with E-state index in [0.29, 0.717) is 0 Å². The zero-order chi connectivity index (χ0) is 10.4. The predicted molar refractivity (Wildman–Crippen MR) is 43.4 cm³/mol. The van der Waals surface area contributed by atoms with Crippen LogP contribution in [0, 0.1) is 0 Å². The fourth-order valence-electron chi connectivity index (χ4n) is 0.718. The second kappa shape index (κ2) is 5.13. The Balaban J connectivity index is 4.18. The number of hydrogen-bond acceptors (Lipinski definition) is 4. The Morgan fingerprint density at radius 3 is 2.31 bits per heavy atom. The number of hydrogen-bond donors (Lipinski definition) is 2. The summed E-state index contributed by atoms with van der Waals surface area (Å²) in [5.41, 5.74) is 4.93. The highest BCUT2D eigenvalue weighted by Gasteiger charge is 2.20.